The summed E-state index contributed by atoms with van der Waals surface area (Å²) in [5.41, 5.74) is 2.30. The van der Waals surface area contributed by atoms with Crippen molar-refractivity contribution in [3.63, 3.8) is 0 Å². The van der Waals surface area contributed by atoms with Crippen LogP contribution in [0.2, 0.25) is 0 Å². The largest absolute Gasteiger partial charge is 0.351 e. The van der Waals surface area contributed by atoms with Gasteiger partial charge < -0.3 is 10.6 Å². The van der Waals surface area contributed by atoms with Crippen LogP contribution >= 0.6 is 0 Å². The summed E-state index contributed by atoms with van der Waals surface area (Å²) in [6, 6.07) is 20.7. The van der Waals surface area contributed by atoms with Gasteiger partial charge in [-0.25, -0.2) is 0 Å². The van der Waals surface area contributed by atoms with Gasteiger partial charge in [0, 0.05) is 6.04 Å². The lowest BCUT2D eigenvalue weighted by atomic mass is 9.91. The summed E-state index contributed by atoms with van der Waals surface area (Å²) in [5.74, 6) is -0.0274. The molecule has 120 valence electrons. The van der Waals surface area contributed by atoms with Crippen molar-refractivity contribution in [3.8, 4) is 0 Å². The zero-order chi connectivity index (χ0) is 16.1. The van der Waals surface area contributed by atoms with Gasteiger partial charge in [-0.15, -0.1) is 0 Å². The van der Waals surface area contributed by atoms with Crippen molar-refractivity contribution < 1.29 is 4.79 Å². The molecule has 0 aromatic heterocycles. The van der Waals surface area contributed by atoms with Gasteiger partial charge in [0.15, 0.2) is 0 Å². The van der Waals surface area contributed by atoms with Crippen molar-refractivity contribution in [1.29, 1.82) is 0 Å². The zero-order valence-corrected chi connectivity index (χ0v) is 13.5. The molecule has 0 bridgehead atoms. The second-order valence-corrected chi connectivity index (χ2v) is 6.23. The fraction of sp³-hybridized carbons (Fsp3) is 0.350. The minimum atomic E-state index is -0.130. The van der Waals surface area contributed by atoms with Crippen LogP contribution < -0.4 is 10.6 Å². The van der Waals surface area contributed by atoms with Crippen molar-refractivity contribution in [1.82, 2.24) is 10.6 Å². The van der Waals surface area contributed by atoms with Crippen LogP contribution in [0.5, 0.6) is 0 Å². The maximum atomic E-state index is 12.6. The number of piperidine rings is 1. The number of carbonyl (C=O) groups excluding carboxylic acids is 1. The molecule has 0 spiro atoms. The van der Waals surface area contributed by atoms with E-state index >= 15 is 0 Å². The molecule has 0 saturated carbocycles. The Morgan fingerprint density at radius 1 is 1.09 bits per heavy atom. The number of carbonyl (C=O) groups is 1. The average Bonchev–Trinajstić information content (AvgIpc) is 2.63. The molecule has 1 aliphatic heterocycles. The van der Waals surface area contributed by atoms with Crippen molar-refractivity contribution >= 4 is 5.91 Å². The van der Waals surface area contributed by atoms with E-state index in [1.807, 2.05) is 43.3 Å². The second-order valence-electron chi connectivity index (χ2n) is 6.23. The van der Waals surface area contributed by atoms with Crippen LogP contribution in [0.4, 0.5) is 0 Å². The lowest BCUT2D eigenvalue weighted by Crippen LogP contribution is -2.49. The molecule has 23 heavy (non-hydrogen) atoms. The molecule has 1 fully saturated rings. The third kappa shape index (κ3) is 3.80. The summed E-state index contributed by atoms with van der Waals surface area (Å²) in [6.07, 6.45) is 2.10. The van der Waals surface area contributed by atoms with Crippen molar-refractivity contribution in [2.45, 2.75) is 37.8 Å². The SMILES string of the molecule is C[C@@H](C(=O)N[C@H]1CCCN[C@H]1c1ccccc1)c1ccccc1. The minimum Gasteiger partial charge on any atom is -0.351 e. The molecule has 1 saturated heterocycles. The van der Waals surface area contributed by atoms with Crippen LogP contribution in [0.1, 0.15) is 42.9 Å². The quantitative estimate of drug-likeness (QED) is 0.909. The van der Waals surface area contributed by atoms with E-state index in [0.717, 1.165) is 24.9 Å². The molecule has 2 N–H and O–H groups in total. The van der Waals surface area contributed by atoms with Gasteiger partial charge in [0.2, 0.25) is 5.91 Å². The van der Waals surface area contributed by atoms with Crippen LogP contribution in [0.3, 0.4) is 0 Å². The Morgan fingerprint density at radius 3 is 2.43 bits per heavy atom. The van der Waals surface area contributed by atoms with E-state index in [-0.39, 0.29) is 23.9 Å². The molecule has 1 amide bonds. The van der Waals surface area contributed by atoms with Crippen LogP contribution in [0.15, 0.2) is 60.7 Å². The van der Waals surface area contributed by atoms with Gasteiger partial charge in [0.1, 0.15) is 0 Å². The predicted molar refractivity (Wildman–Crippen MR) is 93.2 cm³/mol. The van der Waals surface area contributed by atoms with Gasteiger partial charge in [-0.1, -0.05) is 60.7 Å². The van der Waals surface area contributed by atoms with Gasteiger partial charge >= 0.3 is 0 Å². The average molecular weight is 308 g/mol. The molecule has 2 aromatic carbocycles. The predicted octanol–water partition coefficient (Wildman–Crippen LogP) is 3.40. The minimum absolute atomic E-state index is 0.103. The summed E-state index contributed by atoms with van der Waals surface area (Å²) >= 11 is 0. The first-order valence-corrected chi connectivity index (χ1v) is 8.39. The number of rotatable bonds is 4. The molecule has 3 rings (SSSR count). The number of amides is 1. The summed E-state index contributed by atoms with van der Waals surface area (Å²) in [6.45, 7) is 2.97. The van der Waals surface area contributed by atoms with E-state index in [1.54, 1.807) is 0 Å². The van der Waals surface area contributed by atoms with Crippen LogP contribution in [0.25, 0.3) is 0 Å². The number of hydrogen-bond acceptors (Lipinski definition) is 2. The van der Waals surface area contributed by atoms with E-state index in [0.29, 0.717) is 0 Å². The molecule has 0 unspecified atom stereocenters. The van der Waals surface area contributed by atoms with Gasteiger partial charge in [0.25, 0.3) is 0 Å². The maximum Gasteiger partial charge on any atom is 0.227 e. The standard InChI is InChI=1S/C20H24N2O/c1-15(16-9-4-2-5-10-16)20(23)22-18-13-8-14-21-19(18)17-11-6-3-7-12-17/h2-7,9-12,15,18-19,21H,8,13-14H2,1H3,(H,22,23)/t15-,18+,19+/m1/s1. The van der Waals surface area contributed by atoms with Gasteiger partial charge in [-0.05, 0) is 37.4 Å². The lowest BCUT2D eigenvalue weighted by molar-refractivity contribution is -0.123. The van der Waals surface area contributed by atoms with E-state index < -0.39 is 0 Å². The molecule has 2 aromatic rings. The lowest BCUT2D eigenvalue weighted by Gasteiger charge is -2.34. The Hall–Kier alpha value is -2.13. The molecule has 3 heteroatoms. The fourth-order valence-electron chi connectivity index (χ4n) is 3.26. The smallest absolute Gasteiger partial charge is 0.227 e. The first kappa shape index (κ1) is 15.8. The number of hydrogen-bond donors (Lipinski definition) is 2. The Labute approximate surface area is 138 Å². The highest BCUT2D eigenvalue weighted by atomic mass is 16.1. The second kappa shape index (κ2) is 7.42. The Balaban J connectivity index is 1.71. The van der Waals surface area contributed by atoms with Gasteiger partial charge in [-0.2, -0.15) is 0 Å². The van der Waals surface area contributed by atoms with Crippen molar-refractivity contribution in [3.05, 3.63) is 71.8 Å². The molecule has 1 aliphatic rings. The molecular formula is C20H24N2O. The third-order valence-corrected chi connectivity index (χ3v) is 4.64. The molecule has 0 radical (unpaired) electrons. The first-order chi connectivity index (χ1) is 11.3. The first-order valence-electron chi connectivity index (χ1n) is 8.39. The highest BCUT2D eigenvalue weighted by Crippen LogP contribution is 2.24. The summed E-state index contributed by atoms with van der Waals surface area (Å²) in [5, 5.41) is 6.82. The van der Waals surface area contributed by atoms with Crippen molar-refractivity contribution in [2.75, 3.05) is 6.54 Å². The maximum absolute atomic E-state index is 12.6. The van der Waals surface area contributed by atoms with Crippen LogP contribution in [0, 0.1) is 0 Å². The molecule has 0 aliphatic carbocycles. The van der Waals surface area contributed by atoms with Gasteiger partial charge in [0.05, 0.1) is 12.0 Å². The number of nitrogens with one attached hydrogen (secondary N) is 2. The third-order valence-electron chi connectivity index (χ3n) is 4.64. The normalized spacial score (nSPS) is 22.3. The zero-order valence-electron chi connectivity index (χ0n) is 13.5. The Bertz CT molecular complexity index is 627. The summed E-state index contributed by atoms with van der Waals surface area (Å²) < 4.78 is 0. The van der Waals surface area contributed by atoms with Crippen LogP contribution in [-0.4, -0.2) is 18.5 Å². The van der Waals surface area contributed by atoms with E-state index in [1.165, 1.54) is 5.56 Å². The summed E-state index contributed by atoms with van der Waals surface area (Å²) in [4.78, 5) is 12.6. The molecule has 1 heterocycles. The fourth-order valence-corrected chi connectivity index (χ4v) is 3.26. The Kier molecular flexibility index (Phi) is 5.09. The van der Waals surface area contributed by atoms with E-state index in [2.05, 4.69) is 34.9 Å². The highest BCUT2D eigenvalue weighted by molar-refractivity contribution is 5.83. The molecular weight excluding hydrogens is 284 g/mol. The monoisotopic (exact) mass is 308 g/mol. The molecule has 3 atom stereocenters. The Morgan fingerprint density at radius 2 is 1.74 bits per heavy atom. The summed E-state index contributed by atoms with van der Waals surface area (Å²) in [7, 11) is 0. The van der Waals surface area contributed by atoms with Crippen molar-refractivity contribution in [2.24, 2.45) is 0 Å². The van der Waals surface area contributed by atoms with E-state index in [4.69, 9.17) is 0 Å². The van der Waals surface area contributed by atoms with Crippen LogP contribution in [-0.2, 0) is 4.79 Å². The molecule has 3 nitrogen and oxygen atoms in total. The highest BCUT2D eigenvalue weighted by Gasteiger charge is 2.28. The topological polar surface area (TPSA) is 41.1 Å². The van der Waals surface area contributed by atoms with Gasteiger partial charge in [-0.3, -0.25) is 4.79 Å². The number of benzene rings is 2. The van der Waals surface area contributed by atoms with E-state index in [9.17, 15) is 4.79 Å².